The molecule has 2 N–H and O–H groups in total. The van der Waals surface area contributed by atoms with E-state index in [9.17, 15) is 0 Å². The first kappa shape index (κ1) is 20.1. The summed E-state index contributed by atoms with van der Waals surface area (Å²) in [7, 11) is 0. The van der Waals surface area contributed by atoms with E-state index in [-0.39, 0.29) is 0 Å². The summed E-state index contributed by atoms with van der Waals surface area (Å²) >= 11 is 1.72. The minimum Gasteiger partial charge on any atom is -0.444 e. The summed E-state index contributed by atoms with van der Waals surface area (Å²) < 4.78 is 5.62. The summed E-state index contributed by atoms with van der Waals surface area (Å²) in [4.78, 5) is 14.9. The number of aromatic nitrogens is 2. The molecule has 3 rings (SSSR count). The molecule has 0 bridgehead atoms. The highest BCUT2D eigenvalue weighted by Crippen LogP contribution is 2.19. The Balaban J connectivity index is 1.52. The lowest BCUT2D eigenvalue weighted by Gasteiger charge is -2.10. The Labute approximate surface area is 170 Å². The average molecular weight is 398 g/mol. The molecule has 0 unspecified atom stereocenters. The van der Waals surface area contributed by atoms with Crippen LogP contribution in [-0.4, -0.2) is 29.0 Å². The van der Waals surface area contributed by atoms with Crippen LogP contribution in [0.4, 0.5) is 0 Å². The number of hydrogen-bond donors (Lipinski definition) is 2. The molecule has 1 aromatic carbocycles. The van der Waals surface area contributed by atoms with Crippen molar-refractivity contribution in [3.05, 3.63) is 57.9 Å². The summed E-state index contributed by atoms with van der Waals surface area (Å²) in [5.41, 5.74) is 3.14. The van der Waals surface area contributed by atoms with E-state index in [1.165, 1.54) is 10.4 Å². The van der Waals surface area contributed by atoms with Crippen LogP contribution in [0.25, 0.3) is 11.5 Å². The van der Waals surface area contributed by atoms with Crippen LogP contribution in [0.1, 0.15) is 35.0 Å². The Hall–Kier alpha value is -2.67. The predicted octanol–water partition coefficient (Wildman–Crippen LogP) is 3.97. The van der Waals surface area contributed by atoms with Crippen LogP contribution >= 0.6 is 11.3 Å². The number of benzene rings is 1. The predicted molar refractivity (Wildman–Crippen MR) is 115 cm³/mol. The molecule has 0 aliphatic rings. The third-order valence-corrected chi connectivity index (χ3v) is 5.32. The largest absolute Gasteiger partial charge is 0.444 e. The number of aliphatic imine (C=N–C) groups is 1. The summed E-state index contributed by atoms with van der Waals surface area (Å²) in [5.74, 6) is 1.45. The van der Waals surface area contributed by atoms with E-state index < -0.39 is 0 Å². The molecule has 0 saturated carbocycles. The maximum atomic E-state index is 5.62. The molecular formula is C21H27N5OS. The Morgan fingerprint density at radius 1 is 1.18 bits per heavy atom. The highest BCUT2D eigenvalue weighted by Gasteiger charge is 2.07. The molecule has 0 radical (unpaired) electrons. The van der Waals surface area contributed by atoms with Gasteiger partial charge in [-0.05, 0) is 32.4 Å². The monoisotopic (exact) mass is 397 g/mol. The highest BCUT2D eigenvalue weighted by molar-refractivity contribution is 7.11. The molecule has 28 heavy (non-hydrogen) atoms. The zero-order valence-corrected chi connectivity index (χ0v) is 17.5. The van der Waals surface area contributed by atoms with Gasteiger partial charge in [-0.1, -0.05) is 24.6 Å². The smallest absolute Gasteiger partial charge is 0.226 e. The molecule has 0 spiro atoms. The summed E-state index contributed by atoms with van der Waals surface area (Å²) in [6, 6.07) is 8.18. The van der Waals surface area contributed by atoms with Gasteiger partial charge in [-0.15, -0.1) is 11.3 Å². The van der Waals surface area contributed by atoms with Crippen molar-refractivity contribution in [2.45, 2.75) is 40.2 Å². The quantitative estimate of drug-likeness (QED) is 0.444. The molecule has 0 atom stereocenters. The number of hydrogen-bond acceptors (Lipinski definition) is 5. The topological polar surface area (TPSA) is 75.3 Å². The van der Waals surface area contributed by atoms with Crippen LogP contribution in [-0.2, 0) is 19.4 Å². The molecule has 2 heterocycles. The number of guanidine groups is 1. The zero-order chi connectivity index (χ0) is 19.8. The van der Waals surface area contributed by atoms with Crippen molar-refractivity contribution in [2.24, 2.45) is 4.99 Å². The number of rotatable bonds is 8. The fraction of sp³-hybridized carbons (Fsp3) is 0.381. The second-order valence-corrected chi connectivity index (χ2v) is 7.66. The van der Waals surface area contributed by atoms with Crippen LogP contribution in [0.3, 0.4) is 0 Å². The molecule has 3 aromatic rings. The second kappa shape index (κ2) is 10.0. The molecule has 2 aromatic heterocycles. The van der Waals surface area contributed by atoms with E-state index in [1.807, 2.05) is 18.3 Å². The SMILES string of the molecule is CCNC(=NCc1ncc(CC)s1)NCCc1coc(-c2ccc(C)cc2)n1. The third kappa shape index (κ3) is 5.66. The fourth-order valence-electron chi connectivity index (χ4n) is 2.63. The van der Waals surface area contributed by atoms with Gasteiger partial charge in [0.05, 0.1) is 12.2 Å². The van der Waals surface area contributed by atoms with Crippen molar-refractivity contribution in [3.8, 4) is 11.5 Å². The second-order valence-electron chi connectivity index (χ2n) is 6.46. The van der Waals surface area contributed by atoms with Crippen LogP contribution in [0.15, 0.2) is 46.1 Å². The summed E-state index contributed by atoms with van der Waals surface area (Å²) in [6.45, 7) is 8.38. The normalized spacial score (nSPS) is 11.6. The molecule has 7 heteroatoms. The van der Waals surface area contributed by atoms with Gasteiger partial charge < -0.3 is 15.1 Å². The zero-order valence-electron chi connectivity index (χ0n) is 16.7. The van der Waals surface area contributed by atoms with Crippen molar-refractivity contribution >= 4 is 17.3 Å². The van der Waals surface area contributed by atoms with Gasteiger partial charge in [-0.2, -0.15) is 0 Å². The van der Waals surface area contributed by atoms with E-state index in [2.05, 4.69) is 58.5 Å². The molecule has 6 nitrogen and oxygen atoms in total. The van der Waals surface area contributed by atoms with Gasteiger partial charge in [0, 0.05) is 36.1 Å². The maximum Gasteiger partial charge on any atom is 0.226 e. The van der Waals surface area contributed by atoms with Crippen molar-refractivity contribution in [1.82, 2.24) is 20.6 Å². The third-order valence-electron chi connectivity index (χ3n) is 4.19. The molecule has 0 aliphatic carbocycles. The van der Waals surface area contributed by atoms with E-state index in [0.717, 1.165) is 48.2 Å². The van der Waals surface area contributed by atoms with Crippen molar-refractivity contribution in [1.29, 1.82) is 0 Å². The lowest BCUT2D eigenvalue weighted by molar-refractivity contribution is 0.572. The van der Waals surface area contributed by atoms with Gasteiger partial charge in [0.1, 0.15) is 11.3 Å². The van der Waals surface area contributed by atoms with Crippen LogP contribution in [0, 0.1) is 6.92 Å². The van der Waals surface area contributed by atoms with Gasteiger partial charge >= 0.3 is 0 Å². The van der Waals surface area contributed by atoms with Crippen molar-refractivity contribution in [2.75, 3.05) is 13.1 Å². The minimum atomic E-state index is 0.585. The molecule has 0 amide bonds. The van der Waals surface area contributed by atoms with Crippen molar-refractivity contribution in [3.63, 3.8) is 0 Å². The fourth-order valence-corrected chi connectivity index (χ4v) is 3.42. The van der Waals surface area contributed by atoms with E-state index >= 15 is 0 Å². The molecular weight excluding hydrogens is 370 g/mol. The Morgan fingerprint density at radius 3 is 2.71 bits per heavy atom. The maximum absolute atomic E-state index is 5.62. The molecule has 0 fully saturated rings. The van der Waals surface area contributed by atoms with Crippen LogP contribution in [0.2, 0.25) is 0 Å². The van der Waals surface area contributed by atoms with Gasteiger partial charge in [0.15, 0.2) is 5.96 Å². The minimum absolute atomic E-state index is 0.585. The lowest BCUT2D eigenvalue weighted by Crippen LogP contribution is -2.38. The van der Waals surface area contributed by atoms with Gasteiger partial charge in [0.2, 0.25) is 5.89 Å². The molecule has 0 aliphatic heterocycles. The highest BCUT2D eigenvalue weighted by atomic mass is 32.1. The number of oxazole rings is 1. The lowest BCUT2D eigenvalue weighted by atomic mass is 10.1. The van der Waals surface area contributed by atoms with E-state index in [0.29, 0.717) is 12.4 Å². The average Bonchev–Trinajstić information content (AvgIpc) is 3.36. The van der Waals surface area contributed by atoms with Crippen LogP contribution < -0.4 is 10.6 Å². The van der Waals surface area contributed by atoms with E-state index in [4.69, 9.17) is 4.42 Å². The first-order chi connectivity index (χ1) is 13.7. The summed E-state index contributed by atoms with van der Waals surface area (Å²) in [6.07, 6.45) is 5.44. The van der Waals surface area contributed by atoms with Gasteiger partial charge in [-0.25, -0.2) is 15.0 Å². The Kier molecular flexibility index (Phi) is 7.19. The first-order valence-electron chi connectivity index (χ1n) is 9.65. The first-order valence-corrected chi connectivity index (χ1v) is 10.5. The van der Waals surface area contributed by atoms with Crippen LogP contribution in [0.5, 0.6) is 0 Å². The van der Waals surface area contributed by atoms with Gasteiger partial charge in [-0.3, -0.25) is 0 Å². The number of thiazole rings is 1. The number of nitrogens with one attached hydrogen (secondary N) is 2. The molecule has 148 valence electrons. The molecule has 0 saturated heterocycles. The van der Waals surface area contributed by atoms with Crippen molar-refractivity contribution < 1.29 is 4.42 Å². The van der Waals surface area contributed by atoms with Gasteiger partial charge in [0.25, 0.3) is 0 Å². The summed E-state index contributed by atoms with van der Waals surface area (Å²) in [5, 5.41) is 7.65. The standard InChI is InChI=1S/C21H27N5OS/c1-4-18-12-24-19(28-18)13-25-21(22-5-2)23-11-10-17-14-27-20(26-17)16-8-6-15(3)7-9-16/h6-9,12,14H,4-5,10-11,13H2,1-3H3,(H2,22,23,25). The Morgan fingerprint density at radius 2 is 2.00 bits per heavy atom. The number of nitrogens with zero attached hydrogens (tertiary/aromatic N) is 3. The number of aryl methyl sites for hydroxylation is 2. The Bertz CT molecular complexity index is 898. The van der Waals surface area contributed by atoms with E-state index in [1.54, 1.807) is 17.6 Å².